The van der Waals surface area contributed by atoms with Gasteiger partial charge < -0.3 is 5.32 Å². The van der Waals surface area contributed by atoms with Crippen LogP contribution in [0.2, 0.25) is 5.02 Å². The largest absolute Gasteiger partial charge is 0.348 e. The summed E-state index contributed by atoms with van der Waals surface area (Å²) in [5.41, 5.74) is 5.98. The number of amides is 1. The molecule has 30 heavy (non-hydrogen) atoms. The molecule has 5 rings (SSSR count). The Bertz CT molecular complexity index is 1370. The summed E-state index contributed by atoms with van der Waals surface area (Å²) in [5, 5.41) is 3.65. The summed E-state index contributed by atoms with van der Waals surface area (Å²) in [6.07, 6.45) is 2.05. The van der Waals surface area contributed by atoms with E-state index in [1.807, 2.05) is 42.5 Å². The Hall–Kier alpha value is -3.15. The quantitative estimate of drug-likeness (QED) is 0.373. The van der Waals surface area contributed by atoms with Crippen LogP contribution in [0.15, 0.2) is 72.9 Å². The Labute approximate surface area is 182 Å². The lowest BCUT2D eigenvalue weighted by molar-refractivity contribution is 0.0951. The van der Waals surface area contributed by atoms with Gasteiger partial charge in [-0.25, -0.2) is 4.98 Å². The molecule has 0 aliphatic carbocycles. The fourth-order valence-electron chi connectivity index (χ4n) is 3.39. The highest BCUT2D eigenvalue weighted by molar-refractivity contribution is 7.23. The van der Waals surface area contributed by atoms with Crippen molar-refractivity contribution in [2.75, 3.05) is 0 Å². The van der Waals surface area contributed by atoms with E-state index in [1.165, 1.54) is 5.56 Å². The molecule has 0 aliphatic heterocycles. The second-order valence-corrected chi connectivity index (χ2v) is 8.68. The van der Waals surface area contributed by atoms with Crippen molar-refractivity contribution in [1.29, 1.82) is 0 Å². The highest BCUT2D eigenvalue weighted by Gasteiger charge is 2.13. The molecular weight excluding hydrogens is 414 g/mol. The van der Waals surface area contributed by atoms with Gasteiger partial charge in [0, 0.05) is 28.9 Å². The van der Waals surface area contributed by atoms with Gasteiger partial charge in [0.1, 0.15) is 0 Å². The van der Waals surface area contributed by atoms with Crippen molar-refractivity contribution >= 4 is 44.0 Å². The number of aromatic nitrogens is 2. The number of hydrogen-bond donors (Lipinski definition) is 1. The maximum absolute atomic E-state index is 12.6. The summed E-state index contributed by atoms with van der Waals surface area (Å²) in [6.45, 7) is 2.54. The lowest BCUT2D eigenvalue weighted by Crippen LogP contribution is -2.22. The predicted molar refractivity (Wildman–Crippen MR) is 123 cm³/mol. The third kappa shape index (κ3) is 3.58. The van der Waals surface area contributed by atoms with Gasteiger partial charge in [-0.05, 0) is 42.8 Å². The molecule has 1 N–H and O–H groups in total. The van der Waals surface area contributed by atoms with Crippen LogP contribution in [0, 0.1) is 6.92 Å². The Balaban J connectivity index is 1.39. The smallest absolute Gasteiger partial charge is 0.251 e. The zero-order chi connectivity index (χ0) is 20.7. The number of carbonyl (C=O) groups excluding carboxylic acids is 1. The lowest BCUT2D eigenvalue weighted by Gasteiger charge is -2.06. The molecule has 0 spiro atoms. The Morgan fingerprint density at radius 2 is 1.83 bits per heavy atom. The van der Waals surface area contributed by atoms with Crippen molar-refractivity contribution in [3.63, 3.8) is 0 Å². The van der Waals surface area contributed by atoms with Crippen LogP contribution in [-0.2, 0) is 6.54 Å². The van der Waals surface area contributed by atoms with Gasteiger partial charge in [-0.1, -0.05) is 64.9 Å². The van der Waals surface area contributed by atoms with E-state index in [4.69, 9.17) is 16.6 Å². The van der Waals surface area contributed by atoms with Crippen molar-refractivity contribution in [2.24, 2.45) is 0 Å². The summed E-state index contributed by atoms with van der Waals surface area (Å²) in [6, 6.07) is 21.6. The highest BCUT2D eigenvalue weighted by atomic mass is 35.5. The molecule has 0 bridgehead atoms. The third-order valence-corrected chi connectivity index (χ3v) is 6.34. The Morgan fingerprint density at radius 1 is 1.07 bits per heavy atom. The molecule has 0 atom stereocenters. The van der Waals surface area contributed by atoms with E-state index >= 15 is 0 Å². The maximum atomic E-state index is 12.6. The number of thiazole rings is 1. The number of nitrogens with zero attached hydrogens (tertiary/aromatic N) is 2. The molecule has 3 aromatic carbocycles. The second kappa shape index (κ2) is 7.59. The molecule has 2 heterocycles. The molecule has 5 aromatic rings. The van der Waals surface area contributed by atoms with E-state index in [0.717, 1.165) is 32.0 Å². The van der Waals surface area contributed by atoms with Crippen LogP contribution < -0.4 is 5.32 Å². The van der Waals surface area contributed by atoms with Crippen molar-refractivity contribution in [3.8, 4) is 11.3 Å². The van der Waals surface area contributed by atoms with Gasteiger partial charge in [0.2, 0.25) is 0 Å². The van der Waals surface area contributed by atoms with Gasteiger partial charge >= 0.3 is 0 Å². The molecule has 4 nitrogen and oxygen atoms in total. The van der Waals surface area contributed by atoms with Crippen LogP contribution in [0.4, 0.5) is 0 Å². The summed E-state index contributed by atoms with van der Waals surface area (Å²) < 4.78 is 3.12. The summed E-state index contributed by atoms with van der Waals surface area (Å²) in [5.74, 6) is -0.0989. The number of carbonyl (C=O) groups is 1. The predicted octanol–water partition coefficient (Wildman–Crippen LogP) is 6.11. The molecule has 0 radical (unpaired) electrons. The fraction of sp³-hybridized carbons (Fsp3) is 0.0833. The first-order valence-corrected chi connectivity index (χ1v) is 10.8. The van der Waals surface area contributed by atoms with Gasteiger partial charge in [0.25, 0.3) is 5.91 Å². The first-order chi connectivity index (χ1) is 14.6. The van der Waals surface area contributed by atoms with E-state index in [0.29, 0.717) is 17.1 Å². The molecule has 148 valence electrons. The van der Waals surface area contributed by atoms with Crippen molar-refractivity contribution in [1.82, 2.24) is 14.7 Å². The van der Waals surface area contributed by atoms with Gasteiger partial charge in [0.15, 0.2) is 4.96 Å². The number of hydrogen-bond acceptors (Lipinski definition) is 3. The third-order valence-electron chi connectivity index (χ3n) is 5.07. The van der Waals surface area contributed by atoms with Crippen molar-refractivity contribution in [2.45, 2.75) is 13.5 Å². The van der Waals surface area contributed by atoms with Gasteiger partial charge in [-0.3, -0.25) is 9.20 Å². The highest BCUT2D eigenvalue weighted by Crippen LogP contribution is 2.30. The van der Waals surface area contributed by atoms with Crippen LogP contribution in [0.3, 0.4) is 0 Å². The normalized spacial score (nSPS) is 11.3. The Kier molecular flexibility index (Phi) is 4.77. The first kappa shape index (κ1) is 18.9. The molecule has 0 fully saturated rings. The van der Waals surface area contributed by atoms with E-state index in [1.54, 1.807) is 11.3 Å². The van der Waals surface area contributed by atoms with Gasteiger partial charge in [-0.2, -0.15) is 0 Å². The van der Waals surface area contributed by atoms with E-state index in [9.17, 15) is 4.79 Å². The van der Waals surface area contributed by atoms with Gasteiger partial charge in [-0.15, -0.1) is 0 Å². The van der Waals surface area contributed by atoms with Crippen LogP contribution in [-0.4, -0.2) is 15.3 Å². The van der Waals surface area contributed by atoms with E-state index in [-0.39, 0.29) is 5.91 Å². The SMILES string of the molecule is Cc1ccc(-c2cn3c(n2)sc2cc(C(=O)NCc4ccc(Cl)cc4)ccc23)cc1. The molecule has 1 amide bonds. The molecule has 0 aliphatic rings. The molecular formula is C24H18ClN3OS. The van der Waals surface area contributed by atoms with Crippen LogP contribution in [0.5, 0.6) is 0 Å². The number of fused-ring (bicyclic) bond motifs is 3. The summed E-state index contributed by atoms with van der Waals surface area (Å²) in [4.78, 5) is 18.3. The minimum Gasteiger partial charge on any atom is -0.348 e. The lowest BCUT2D eigenvalue weighted by atomic mass is 10.1. The average Bonchev–Trinajstić information content (AvgIpc) is 3.31. The van der Waals surface area contributed by atoms with Crippen LogP contribution in [0.1, 0.15) is 21.5 Å². The number of rotatable bonds is 4. The molecule has 0 saturated heterocycles. The Morgan fingerprint density at radius 3 is 2.60 bits per heavy atom. The summed E-state index contributed by atoms with van der Waals surface area (Å²) >= 11 is 7.49. The first-order valence-electron chi connectivity index (χ1n) is 9.58. The van der Waals surface area contributed by atoms with E-state index < -0.39 is 0 Å². The topological polar surface area (TPSA) is 46.4 Å². The summed E-state index contributed by atoms with van der Waals surface area (Å²) in [7, 11) is 0. The number of aryl methyl sites for hydroxylation is 1. The van der Waals surface area contributed by atoms with Crippen LogP contribution >= 0.6 is 22.9 Å². The van der Waals surface area contributed by atoms with Crippen molar-refractivity contribution in [3.05, 3.63) is 94.6 Å². The number of halogens is 1. The number of nitrogens with one attached hydrogen (secondary N) is 1. The molecule has 6 heteroatoms. The zero-order valence-electron chi connectivity index (χ0n) is 16.2. The number of imidazole rings is 1. The maximum Gasteiger partial charge on any atom is 0.251 e. The minimum atomic E-state index is -0.0989. The van der Waals surface area contributed by atoms with E-state index in [2.05, 4.69) is 47.1 Å². The molecule has 0 unspecified atom stereocenters. The molecule has 2 aromatic heterocycles. The minimum absolute atomic E-state index is 0.0989. The van der Waals surface area contributed by atoms with Gasteiger partial charge in [0.05, 0.1) is 15.9 Å². The van der Waals surface area contributed by atoms with Crippen molar-refractivity contribution < 1.29 is 4.79 Å². The molecule has 0 saturated carbocycles. The zero-order valence-corrected chi connectivity index (χ0v) is 17.8. The standard InChI is InChI=1S/C24H18ClN3OS/c1-15-2-6-17(7-3-15)20-14-28-21-11-8-18(12-22(21)30-24(28)27-20)23(29)26-13-16-4-9-19(25)10-5-16/h2-12,14H,13H2,1H3,(H,26,29). The number of benzene rings is 3. The average molecular weight is 432 g/mol. The monoisotopic (exact) mass is 431 g/mol. The fourth-order valence-corrected chi connectivity index (χ4v) is 4.57. The second-order valence-electron chi connectivity index (χ2n) is 7.24. The van der Waals surface area contributed by atoms with Crippen LogP contribution in [0.25, 0.3) is 26.4 Å².